The van der Waals surface area contributed by atoms with Gasteiger partial charge in [0, 0.05) is 0 Å². The van der Waals surface area contributed by atoms with E-state index in [1.165, 1.54) is 11.1 Å². The van der Waals surface area contributed by atoms with Crippen LogP contribution in [0.4, 0.5) is 0 Å². The summed E-state index contributed by atoms with van der Waals surface area (Å²) in [7, 11) is 0. The Morgan fingerprint density at radius 1 is 1.09 bits per heavy atom. The highest BCUT2D eigenvalue weighted by molar-refractivity contribution is 5.29. The maximum atomic E-state index is 9.27. The summed E-state index contributed by atoms with van der Waals surface area (Å²) in [5.41, 5.74) is 3.42. The standard InChI is InChI=1S/C10H14O/c1-7-4-8(2)6-10(5-7)9(3)11/h4-6,9,11H,1-3H3. The Labute approximate surface area is 67.7 Å². The molecule has 0 aliphatic rings. The van der Waals surface area contributed by atoms with E-state index in [4.69, 9.17) is 0 Å². The lowest BCUT2D eigenvalue weighted by molar-refractivity contribution is 0.199. The number of aliphatic hydroxyl groups is 1. The SMILES string of the molecule is Cc1cc(C)cc(C(C)O)c1. The molecule has 1 aromatic carbocycles. The lowest BCUT2D eigenvalue weighted by Crippen LogP contribution is -1.92. The third-order valence-corrected chi connectivity index (χ3v) is 1.73. The van der Waals surface area contributed by atoms with Crippen LogP contribution in [0.2, 0.25) is 0 Å². The number of hydrogen-bond donors (Lipinski definition) is 1. The molecule has 1 aromatic rings. The maximum absolute atomic E-state index is 9.27. The number of aliphatic hydroxyl groups excluding tert-OH is 1. The second kappa shape index (κ2) is 3.05. The van der Waals surface area contributed by atoms with Crippen molar-refractivity contribution >= 4 is 0 Å². The van der Waals surface area contributed by atoms with E-state index < -0.39 is 0 Å². The zero-order valence-electron chi connectivity index (χ0n) is 7.26. The fraction of sp³-hybridized carbons (Fsp3) is 0.400. The normalized spacial score (nSPS) is 13.1. The van der Waals surface area contributed by atoms with Crippen molar-refractivity contribution in [3.05, 3.63) is 34.9 Å². The average Bonchev–Trinajstić information content (AvgIpc) is 1.85. The van der Waals surface area contributed by atoms with Gasteiger partial charge in [0.1, 0.15) is 0 Å². The fourth-order valence-corrected chi connectivity index (χ4v) is 1.25. The first kappa shape index (κ1) is 8.28. The van der Waals surface area contributed by atoms with E-state index in [0.717, 1.165) is 5.56 Å². The predicted molar refractivity (Wildman–Crippen MR) is 46.5 cm³/mol. The summed E-state index contributed by atoms with van der Waals surface area (Å²) >= 11 is 0. The zero-order valence-corrected chi connectivity index (χ0v) is 7.26. The van der Waals surface area contributed by atoms with Crippen molar-refractivity contribution in [2.45, 2.75) is 26.9 Å². The highest BCUT2D eigenvalue weighted by Crippen LogP contribution is 2.15. The van der Waals surface area contributed by atoms with Gasteiger partial charge in [0.15, 0.2) is 0 Å². The van der Waals surface area contributed by atoms with Crippen LogP contribution in [-0.4, -0.2) is 5.11 Å². The molecule has 0 spiro atoms. The molecule has 0 saturated heterocycles. The lowest BCUT2D eigenvalue weighted by atomic mass is 10.0. The number of aryl methyl sites for hydroxylation is 2. The molecule has 1 unspecified atom stereocenters. The molecule has 0 bridgehead atoms. The van der Waals surface area contributed by atoms with Gasteiger partial charge in [-0.3, -0.25) is 0 Å². The maximum Gasteiger partial charge on any atom is 0.0762 e. The van der Waals surface area contributed by atoms with Crippen molar-refractivity contribution in [1.29, 1.82) is 0 Å². The molecule has 0 aromatic heterocycles. The summed E-state index contributed by atoms with van der Waals surface area (Å²) in [6.07, 6.45) is -0.353. The quantitative estimate of drug-likeness (QED) is 0.651. The van der Waals surface area contributed by atoms with Gasteiger partial charge in [-0.1, -0.05) is 29.3 Å². The Morgan fingerprint density at radius 3 is 1.91 bits per heavy atom. The van der Waals surface area contributed by atoms with Gasteiger partial charge in [-0.05, 0) is 26.3 Å². The highest BCUT2D eigenvalue weighted by Gasteiger charge is 2.00. The van der Waals surface area contributed by atoms with Gasteiger partial charge in [0.2, 0.25) is 0 Å². The van der Waals surface area contributed by atoms with Crippen LogP contribution in [0.25, 0.3) is 0 Å². The summed E-state index contributed by atoms with van der Waals surface area (Å²) < 4.78 is 0. The zero-order chi connectivity index (χ0) is 8.43. The minimum absolute atomic E-state index is 0.353. The minimum Gasteiger partial charge on any atom is -0.389 e. The Morgan fingerprint density at radius 2 is 1.55 bits per heavy atom. The van der Waals surface area contributed by atoms with Gasteiger partial charge < -0.3 is 5.11 Å². The van der Waals surface area contributed by atoms with E-state index in [2.05, 4.69) is 6.07 Å². The molecule has 0 amide bonds. The average molecular weight is 150 g/mol. The third-order valence-electron chi connectivity index (χ3n) is 1.73. The molecule has 11 heavy (non-hydrogen) atoms. The Hall–Kier alpha value is -0.820. The van der Waals surface area contributed by atoms with Crippen LogP contribution in [0, 0.1) is 13.8 Å². The molecule has 0 heterocycles. The summed E-state index contributed by atoms with van der Waals surface area (Å²) in [5.74, 6) is 0. The first-order valence-electron chi connectivity index (χ1n) is 3.86. The molecule has 1 heteroatoms. The molecule has 1 rings (SSSR count). The highest BCUT2D eigenvalue weighted by atomic mass is 16.3. The molecule has 0 aliphatic carbocycles. The topological polar surface area (TPSA) is 20.2 Å². The molecule has 0 radical (unpaired) electrons. The van der Waals surface area contributed by atoms with Gasteiger partial charge in [-0.15, -0.1) is 0 Å². The molecular formula is C10H14O. The van der Waals surface area contributed by atoms with E-state index in [0.29, 0.717) is 0 Å². The van der Waals surface area contributed by atoms with E-state index in [1.807, 2.05) is 26.0 Å². The van der Waals surface area contributed by atoms with Gasteiger partial charge in [0.25, 0.3) is 0 Å². The van der Waals surface area contributed by atoms with Crippen LogP contribution < -0.4 is 0 Å². The summed E-state index contributed by atoms with van der Waals surface area (Å²) in [4.78, 5) is 0. The second-order valence-electron chi connectivity index (χ2n) is 3.10. The first-order chi connectivity index (χ1) is 5.09. The van der Waals surface area contributed by atoms with E-state index in [-0.39, 0.29) is 6.10 Å². The van der Waals surface area contributed by atoms with Crippen molar-refractivity contribution in [3.8, 4) is 0 Å². The first-order valence-corrected chi connectivity index (χ1v) is 3.86. The summed E-state index contributed by atoms with van der Waals surface area (Å²) in [6.45, 7) is 5.87. The van der Waals surface area contributed by atoms with Crippen molar-refractivity contribution < 1.29 is 5.11 Å². The minimum atomic E-state index is -0.353. The van der Waals surface area contributed by atoms with Crippen molar-refractivity contribution in [2.75, 3.05) is 0 Å². The van der Waals surface area contributed by atoms with Crippen molar-refractivity contribution in [2.24, 2.45) is 0 Å². The van der Waals surface area contributed by atoms with Crippen LogP contribution in [0.1, 0.15) is 29.7 Å². The van der Waals surface area contributed by atoms with Gasteiger partial charge >= 0.3 is 0 Å². The Bertz CT molecular complexity index is 231. The Kier molecular flexibility index (Phi) is 2.30. The number of rotatable bonds is 1. The summed E-state index contributed by atoms with van der Waals surface area (Å²) in [6, 6.07) is 6.13. The van der Waals surface area contributed by atoms with Gasteiger partial charge in [0.05, 0.1) is 6.10 Å². The molecule has 0 saturated carbocycles. The van der Waals surface area contributed by atoms with E-state index in [1.54, 1.807) is 6.92 Å². The number of benzene rings is 1. The molecule has 1 nitrogen and oxygen atoms in total. The van der Waals surface area contributed by atoms with Crippen LogP contribution in [0.15, 0.2) is 18.2 Å². The fourth-order valence-electron chi connectivity index (χ4n) is 1.25. The van der Waals surface area contributed by atoms with Gasteiger partial charge in [-0.25, -0.2) is 0 Å². The van der Waals surface area contributed by atoms with Crippen LogP contribution in [-0.2, 0) is 0 Å². The monoisotopic (exact) mass is 150 g/mol. The molecule has 0 fully saturated rings. The van der Waals surface area contributed by atoms with E-state index in [9.17, 15) is 5.11 Å². The predicted octanol–water partition coefficient (Wildman–Crippen LogP) is 2.36. The van der Waals surface area contributed by atoms with Crippen LogP contribution in [0.5, 0.6) is 0 Å². The second-order valence-corrected chi connectivity index (χ2v) is 3.10. The third kappa shape index (κ3) is 2.05. The van der Waals surface area contributed by atoms with Crippen LogP contribution >= 0.6 is 0 Å². The molecular weight excluding hydrogens is 136 g/mol. The van der Waals surface area contributed by atoms with Crippen LogP contribution in [0.3, 0.4) is 0 Å². The van der Waals surface area contributed by atoms with E-state index >= 15 is 0 Å². The lowest BCUT2D eigenvalue weighted by Gasteiger charge is -2.06. The molecule has 1 N–H and O–H groups in total. The van der Waals surface area contributed by atoms with Gasteiger partial charge in [-0.2, -0.15) is 0 Å². The molecule has 60 valence electrons. The summed E-state index contributed by atoms with van der Waals surface area (Å²) in [5, 5.41) is 9.27. The van der Waals surface area contributed by atoms with Crippen molar-refractivity contribution in [1.82, 2.24) is 0 Å². The molecule has 1 atom stereocenters. The number of hydrogen-bond acceptors (Lipinski definition) is 1. The van der Waals surface area contributed by atoms with Crippen molar-refractivity contribution in [3.63, 3.8) is 0 Å². The smallest absolute Gasteiger partial charge is 0.0762 e. The molecule has 0 aliphatic heterocycles. The largest absolute Gasteiger partial charge is 0.389 e. The Balaban J connectivity index is 3.08.